The summed E-state index contributed by atoms with van der Waals surface area (Å²) in [5.41, 5.74) is -3.88. The Morgan fingerprint density at radius 1 is 1.08 bits per heavy atom. The number of hydrogen-bond acceptors (Lipinski definition) is 2. The number of rotatable bonds is 7. The highest BCUT2D eigenvalue weighted by Crippen LogP contribution is 2.42. The Kier molecular flexibility index (Phi) is 10.0. The molecule has 2 rings (SSSR count). The van der Waals surface area contributed by atoms with Crippen molar-refractivity contribution in [3.8, 4) is 0 Å². The predicted octanol–water partition coefficient (Wildman–Crippen LogP) is 7.82. The second kappa shape index (κ2) is 11.8. The van der Waals surface area contributed by atoms with Crippen LogP contribution in [0.3, 0.4) is 0 Å². The van der Waals surface area contributed by atoms with Gasteiger partial charge in [0.1, 0.15) is 17.5 Å². The highest BCUT2D eigenvalue weighted by Gasteiger charge is 2.41. The van der Waals surface area contributed by atoms with Crippen molar-refractivity contribution in [1.82, 2.24) is 5.32 Å². The van der Waals surface area contributed by atoms with Gasteiger partial charge >= 0.3 is 12.4 Å². The topological polar surface area (TPSA) is 52.2 Å². The Labute approximate surface area is 219 Å². The number of amides is 1. The molecule has 2 aromatic carbocycles. The van der Waals surface area contributed by atoms with E-state index in [0.717, 1.165) is 18.2 Å². The second-order valence-corrected chi connectivity index (χ2v) is 10.4. The van der Waals surface area contributed by atoms with Crippen LogP contribution < -0.4 is 5.32 Å². The van der Waals surface area contributed by atoms with Crippen LogP contribution in [-0.4, -0.2) is 34.7 Å². The molecule has 0 aromatic heterocycles. The molecule has 0 bridgehead atoms. The van der Waals surface area contributed by atoms with Crippen LogP contribution in [0.15, 0.2) is 36.4 Å². The Bertz CT molecular complexity index is 1130. The first-order valence-electron chi connectivity index (χ1n) is 9.82. The fourth-order valence-corrected chi connectivity index (χ4v) is 4.60. The first kappa shape index (κ1) is 30.6. The van der Waals surface area contributed by atoms with E-state index < -0.39 is 69.5 Å². The smallest absolute Gasteiger partial charge is 0.417 e. The highest BCUT2D eigenvalue weighted by molar-refractivity contribution is 7.90. The monoisotopic (exact) mass is 597 g/mol. The van der Waals surface area contributed by atoms with Crippen molar-refractivity contribution in [2.45, 2.75) is 31.2 Å². The van der Waals surface area contributed by atoms with Crippen LogP contribution in [0, 0.1) is 0 Å². The zero-order valence-electron chi connectivity index (χ0n) is 18.3. The number of hydrogen-bond donors (Lipinski definition) is 1. The fraction of sp³-hybridized carbons (Fsp3) is 0.318. The lowest BCUT2D eigenvalue weighted by atomic mass is 9.95. The van der Waals surface area contributed by atoms with Gasteiger partial charge in [0.2, 0.25) is 0 Å². The maximum atomic E-state index is 14.9. The zero-order valence-corrected chi connectivity index (χ0v) is 21.4. The van der Waals surface area contributed by atoms with E-state index >= 15 is 0 Å². The van der Waals surface area contributed by atoms with Crippen LogP contribution in [-0.2, 0) is 17.4 Å². The summed E-state index contributed by atoms with van der Waals surface area (Å²) >= 11 is 15.9. The number of allylic oxidation sites excluding steroid dienone is 1. The zero-order chi connectivity index (χ0) is 27.6. The molecule has 0 saturated carbocycles. The Morgan fingerprint density at radius 2 is 1.64 bits per heavy atom. The van der Waals surface area contributed by atoms with Gasteiger partial charge in [0, 0.05) is 5.56 Å². The summed E-state index contributed by atoms with van der Waals surface area (Å²) in [5.74, 6) is -5.46. The number of carbonyl (C=O) groups excluding carboxylic acids is 1. The molecule has 3 nitrogen and oxygen atoms in total. The number of nitrogens with one attached hydrogen (secondary N) is 1. The van der Waals surface area contributed by atoms with Crippen LogP contribution in [0.4, 0.5) is 30.7 Å². The van der Waals surface area contributed by atoms with Gasteiger partial charge in [-0.3, -0.25) is 4.79 Å². The van der Waals surface area contributed by atoms with Gasteiger partial charge in [-0.2, -0.15) is 26.3 Å². The van der Waals surface area contributed by atoms with E-state index in [1.165, 1.54) is 13.2 Å². The summed E-state index contributed by atoms with van der Waals surface area (Å²) in [4.78, 5) is 12.4. The number of carbonyl (C=O) groups is 1. The van der Waals surface area contributed by atoms with Crippen molar-refractivity contribution in [3.05, 3.63) is 73.7 Å². The molecule has 36 heavy (non-hydrogen) atoms. The van der Waals surface area contributed by atoms with Gasteiger partial charge in [-0.1, -0.05) is 52.0 Å². The maximum Gasteiger partial charge on any atom is 0.417 e. The van der Waals surface area contributed by atoms with Crippen molar-refractivity contribution in [2.75, 3.05) is 12.0 Å². The van der Waals surface area contributed by atoms with Gasteiger partial charge in [0.15, 0.2) is 0 Å². The molecule has 14 heteroatoms. The largest absolute Gasteiger partial charge is 0.616 e. The van der Waals surface area contributed by atoms with Crippen LogP contribution in [0.25, 0.3) is 5.83 Å². The van der Waals surface area contributed by atoms with Crippen molar-refractivity contribution in [2.24, 2.45) is 0 Å². The Hall–Kier alpha value is -1.66. The van der Waals surface area contributed by atoms with E-state index in [1.54, 1.807) is 0 Å². The van der Waals surface area contributed by atoms with Gasteiger partial charge in [-0.05, 0) is 42.8 Å². The molecule has 3 atom stereocenters. The lowest BCUT2D eigenvalue weighted by Crippen LogP contribution is -2.38. The van der Waals surface area contributed by atoms with Gasteiger partial charge < -0.3 is 9.87 Å². The third kappa shape index (κ3) is 7.92. The van der Waals surface area contributed by atoms with Crippen molar-refractivity contribution in [1.29, 1.82) is 0 Å². The lowest BCUT2D eigenvalue weighted by molar-refractivity contribution is -0.140. The molecule has 0 radical (unpaired) electrons. The molecule has 0 spiro atoms. The highest BCUT2D eigenvalue weighted by atomic mass is 35.5. The SMILES string of the molecule is C[C@H](C[S+](C)[O-])NC(=O)c1ccc(/C(F)=C/C(c2cc(Cl)c(Cl)c(Cl)c2)C(F)(F)F)cc1C(F)(F)F. The van der Waals surface area contributed by atoms with E-state index in [4.69, 9.17) is 34.8 Å². The van der Waals surface area contributed by atoms with E-state index in [1.807, 2.05) is 0 Å². The minimum Gasteiger partial charge on any atom is -0.616 e. The summed E-state index contributed by atoms with van der Waals surface area (Å²) in [6, 6.07) is 2.51. The summed E-state index contributed by atoms with van der Waals surface area (Å²) in [6.45, 7) is 1.43. The van der Waals surface area contributed by atoms with Crippen molar-refractivity contribution in [3.63, 3.8) is 0 Å². The molecule has 0 aliphatic heterocycles. The average molecular weight is 599 g/mol. The summed E-state index contributed by atoms with van der Waals surface area (Å²) in [7, 11) is 0. The Balaban J connectivity index is 2.53. The lowest BCUT2D eigenvalue weighted by Gasteiger charge is -2.19. The molecule has 0 saturated heterocycles. The van der Waals surface area contributed by atoms with Crippen LogP contribution in [0.5, 0.6) is 0 Å². The first-order valence-corrected chi connectivity index (χ1v) is 12.7. The summed E-state index contributed by atoms with van der Waals surface area (Å²) in [6.07, 6.45) is -8.79. The molecule has 2 aromatic rings. The quantitative estimate of drug-likeness (QED) is 0.201. The average Bonchev–Trinajstić information content (AvgIpc) is 2.72. The maximum absolute atomic E-state index is 14.9. The molecule has 1 N–H and O–H groups in total. The van der Waals surface area contributed by atoms with Crippen molar-refractivity contribution >= 4 is 57.7 Å². The molecule has 0 aliphatic carbocycles. The van der Waals surface area contributed by atoms with Crippen LogP contribution >= 0.6 is 34.8 Å². The molecular formula is C22H17Cl3F7NO2S. The van der Waals surface area contributed by atoms with E-state index in [-0.39, 0.29) is 33.0 Å². The molecule has 0 heterocycles. The molecule has 2 unspecified atom stereocenters. The van der Waals surface area contributed by atoms with E-state index in [9.17, 15) is 40.1 Å². The standard InChI is InChI=1S/C22H17Cl3F7NO2S/c1-10(9-36(2)35)33-20(34)13-4-3-11(5-15(13)22(30,31)32)18(26)8-14(21(27,28)29)12-6-16(23)19(25)17(24)7-12/h3-8,10,14H,9H2,1-2H3,(H,33,34)/b18-8-/t10-,14?,36?/m1/s1. The minimum absolute atomic E-state index is 0.0277. The molecule has 1 amide bonds. The number of benzene rings is 2. The molecule has 198 valence electrons. The van der Waals surface area contributed by atoms with Gasteiger partial charge in [0.25, 0.3) is 5.91 Å². The first-order chi connectivity index (χ1) is 16.4. The number of halogens is 10. The third-order valence-electron chi connectivity index (χ3n) is 4.74. The predicted molar refractivity (Wildman–Crippen MR) is 127 cm³/mol. The molecule has 0 fully saturated rings. The van der Waals surface area contributed by atoms with Gasteiger partial charge in [0.05, 0.1) is 38.5 Å². The van der Waals surface area contributed by atoms with Crippen LogP contribution in [0.2, 0.25) is 15.1 Å². The minimum atomic E-state index is -5.14. The molecule has 0 aliphatic rings. The molecular weight excluding hydrogens is 582 g/mol. The normalized spacial score (nSPS) is 15.4. The fourth-order valence-electron chi connectivity index (χ4n) is 3.20. The van der Waals surface area contributed by atoms with Crippen LogP contribution in [0.1, 0.15) is 39.9 Å². The van der Waals surface area contributed by atoms with E-state index in [0.29, 0.717) is 6.07 Å². The third-order valence-corrected chi connectivity index (χ3v) is 6.90. The van der Waals surface area contributed by atoms with Crippen molar-refractivity contribution < 1.29 is 40.1 Å². The second-order valence-electron chi connectivity index (χ2n) is 7.70. The van der Waals surface area contributed by atoms with Gasteiger partial charge in [-0.15, -0.1) is 0 Å². The number of alkyl halides is 6. The Morgan fingerprint density at radius 3 is 2.11 bits per heavy atom. The van der Waals surface area contributed by atoms with Gasteiger partial charge in [-0.25, -0.2) is 4.39 Å². The van der Waals surface area contributed by atoms with E-state index in [2.05, 4.69) is 5.32 Å². The summed E-state index contributed by atoms with van der Waals surface area (Å²) in [5, 5.41) is 1.36. The summed E-state index contributed by atoms with van der Waals surface area (Å²) < 4.78 is 108.